The van der Waals surface area contributed by atoms with Gasteiger partial charge in [-0.3, -0.25) is 14.2 Å². The van der Waals surface area contributed by atoms with E-state index in [0.29, 0.717) is 23.3 Å². The minimum Gasteiger partial charge on any atom is -0.331 e. The lowest BCUT2D eigenvalue weighted by molar-refractivity contribution is -0.139. The van der Waals surface area contributed by atoms with E-state index in [2.05, 4.69) is 18.7 Å². The normalized spacial score (nSPS) is 15.5. The lowest BCUT2D eigenvalue weighted by Gasteiger charge is -2.35. The van der Waals surface area contributed by atoms with E-state index < -0.39 is 0 Å². The Bertz CT molecular complexity index is 1260. The van der Waals surface area contributed by atoms with Gasteiger partial charge in [-0.15, -0.1) is 0 Å². The number of hydrogen-bond donors (Lipinski definition) is 0. The number of nitrogens with zero attached hydrogens (tertiary/aromatic N) is 4. The maximum absolute atomic E-state index is 13.8. The summed E-state index contributed by atoms with van der Waals surface area (Å²) in [5, 5.41) is 0.583. The third-order valence-electron chi connectivity index (χ3n) is 7.42. The molecule has 0 saturated heterocycles. The van der Waals surface area contributed by atoms with Crippen LogP contribution in [0.25, 0.3) is 16.6 Å². The number of aromatic nitrogens is 2. The Labute approximate surface area is 208 Å². The number of carbonyl (C=O) groups is 1. The van der Waals surface area contributed by atoms with Gasteiger partial charge in [-0.1, -0.05) is 37.5 Å². The van der Waals surface area contributed by atoms with Crippen LogP contribution >= 0.6 is 0 Å². The molecule has 3 aromatic rings. The van der Waals surface area contributed by atoms with Crippen molar-refractivity contribution in [3.63, 3.8) is 0 Å². The number of carbonyl (C=O) groups excluding carboxylic acids is 1. The maximum atomic E-state index is 13.8. The molecule has 0 bridgehead atoms. The fourth-order valence-corrected chi connectivity index (χ4v) is 5.07. The molecule has 1 amide bonds. The van der Waals surface area contributed by atoms with Crippen molar-refractivity contribution in [3.05, 3.63) is 69.8 Å². The van der Waals surface area contributed by atoms with Gasteiger partial charge in [0.2, 0.25) is 5.91 Å². The van der Waals surface area contributed by atoms with Crippen LogP contribution < -0.4 is 5.56 Å². The number of rotatable bonds is 7. The highest BCUT2D eigenvalue weighted by atomic mass is 16.2. The molecular formula is C29H38N4O2. The zero-order valence-electron chi connectivity index (χ0n) is 21.8. The van der Waals surface area contributed by atoms with Gasteiger partial charge in [-0.25, -0.2) is 4.98 Å². The predicted molar refractivity (Wildman–Crippen MR) is 142 cm³/mol. The van der Waals surface area contributed by atoms with Crippen LogP contribution in [0.2, 0.25) is 0 Å². The van der Waals surface area contributed by atoms with Gasteiger partial charge in [-0.05, 0) is 83.1 Å². The average Bonchev–Trinajstić information content (AvgIpc) is 2.86. The fraction of sp³-hybridized carbons (Fsp3) is 0.483. The van der Waals surface area contributed by atoms with Crippen molar-refractivity contribution in [1.29, 1.82) is 0 Å². The molecule has 186 valence electrons. The highest BCUT2D eigenvalue weighted by Crippen LogP contribution is 2.30. The van der Waals surface area contributed by atoms with Gasteiger partial charge in [0, 0.05) is 19.0 Å². The monoisotopic (exact) mass is 474 g/mol. The Kier molecular flexibility index (Phi) is 7.70. The number of aryl methyl sites for hydroxylation is 2. The maximum Gasteiger partial charge on any atom is 0.266 e. The number of benzene rings is 2. The van der Waals surface area contributed by atoms with E-state index in [9.17, 15) is 9.59 Å². The Morgan fingerprint density at radius 3 is 2.43 bits per heavy atom. The van der Waals surface area contributed by atoms with Crippen molar-refractivity contribution in [3.8, 4) is 5.69 Å². The molecule has 0 radical (unpaired) electrons. The van der Waals surface area contributed by atoms with E-state index in [1.54, 1.807) is 4.57 Å². The number of hydrogen-bond acceptors (Lipinski definition) is 4. The van der Waals surface area contributed by atoms with E-state index in [0.717, 1.165) is 43.5 Å². The summed E-state index contributed by atoms with van der Waals surface area (Å²) in [7, 11) is 4.04. The summed E-state index contributed by atoms with van der Waals surface area (Å²) in [6, 6.07) is 13.2. The van der Waals surface area contributed by atoms with Crippen LogP contribution in [0.4, 0.5) is 0 Å². The molecule has 35 heavy (non-hydrogen) atoms. The molecule has 6 heteroatoms. The van der Waals surface area contributed by atoms with E-state index >= 15 is 0 Å². The molecule has 1 saturated carbocycles. The topological polar surface area (TPSA) is 58.4 Å². The predicted octanol–water partition coefficient (Wildman–Crippen LogP) is 5.03. The first-order valence-electron chi connectivity index (χ1n) is 12.8. The van der Waals surface area contributed by atoms with E-state index in [-0.39, 0.29) is 23.4 Å². The average molecular weight is 475 g/mol. The molecule has 4 rings (SSSR count). The highest BCUT2D eigenvalue weighted by Gasteiger charge is 2.32. The molecule has 0 aliphatic heterocycles. The second-order valence-electron chi connectivity index (χ2n) is 10.2. The summed E-state index contributed by atoms with van der Waals surface area (Å²) in [6.45, 7) is 7.49. The van der Waals surface area contributed by atoms with Crippen LogP contribution in [-0.2, 0) is 4.79 Å². The first kappa shape index (κ1) is 25.1. The molecule has 1 aliphatic carbocycles. The summed E-state index contributed by atoms with van der Waals surface area (Å²) in [4.78, 5) is 36.7. The lowest BCUT2D eigenvalue weighted by Crippen LogP contribution is -2.44. The van der Waals surface area contributed by atoms with Crippen LogP contribution in [0.15, 0.2) is 47.3 Å². The Morgan fingerprint density at radius 2 is 1.74 bits per heavy atom. The molecule has 1 heterocycles. The van der Waals surface area contributed by atoms with Gasteiger partial charge < -0.3 is 9.80 Å². The smallest absolute Gasteiger partial charge is 0.266 e. The molecule has 1 fully saturated rings. The van der Waals surface area contributed by atoms with Gasteiger partial charge in [0.1, 0.15) is 5.82 Å². The molecular weight excluding hydrogens is 436 g/mol. The van der Waals surface area contributed by atoms with Crippen LogP contribution in [0.3, 0.4) is 0 Å². The van der Waals surface area contributed by atoms with Crippen LogP contribution in [0.1, 0.15) is 62.0 Å². The van der Waals surface area contributed by atoms with Gasteiger partial charge in [-0.2, -0.15) is 0 Å². The van der Waals surface area contributed by atoms with Gasteiger partial charge in [0.15, 0.2) is 0 Å². The Hall–Kier alpha value is -2.99. The summed E-state index contributed by atoms with van der Waals surface area (Å²) in [5.41, 5.74) is 3.64. The van der Waals surface area contributed by atoms with Crippen LogP contribution in [-0.4, -0.2) is 52.4 Å². The summed E-state index contributed by atoms with van der Waals surface area (Å²) < 4.78 is 1.72. The zero-order valence-corrected chi connectivity index (χ0v) is 21.8. The van der Waals surface area contributed by atoms with Crippen molar-refractivity contribution in [2.75, 3.05) is 27.2 Å². The van der Waals surface area contributed by atoms with Crippen molar-refractivity contribution < 1.29 is 4.79 Å². The minimum atomic E-state index is -0.344. The van der Waals surface area contributed by atoms with Crippen LogP contribution in [0, 0.1) is 19.8 Å². The minimum absolute atomic E-state index is 0.0515. The third kappa shape index (κ3) is 5.32. The Balaban J connectivity index is 1.86. The van der Waals surface area contributed by atoms with E-state index in [1.165, 1.54) is 12.0 Å². The molecule has 1 atom stereocenters. The van der Waals surface area contributed by atoms with Crippen molar-refractivity contribution in [2.24, 2.45) is 5.92 Å². The Morgan fingerprint density at radius 1 is 1.03 bits per heavy atom. The number of likely N-dealkylation sites (N-methyl/N-ethyl adjacent to an activating group) is 1. The molecule has 1 aliphatic rings. The standard InChI is InChI=1S/C29H38N4O2/c1-20-15-16-24(19-21(20)2)33-27(30-26-14-10-9-13-25(26)29(33)35)22(3)32(18-17-31(4)5)28(34)23-11-7-6-8-12-23/h9-10,13-16,19,22-23H,6-8,11-12,17-18H2,1-5H3. The van der Waals surface area contributed by atoms with E-state index in [4.69, 9.17) is 4.98 Å². The van der Waals surface area contributed by atoms with Gasteiger partial charge >= 0.3 is 0 Å². The second kappa shape index (κ2) is 10.7. The van der Waals surface area contributed by atoms with Crippen molar-refractivity contribution in [2.45, 2.75) is 58.9 Å². The summed E-state index contributed by atoms with van der Waals surface area (Å²) in [6.07, 6.45) is 5.30. The highest BCUT2D eigenvalue weighted by molar-refractivity contribution is 5.80. The quantitative estimate of drug-likeness (QED) is 0.482. The van der Waals surface area contributed by atoms with Gasteiger partial charge in [0.05, 0.1) is 22.6 Å². The SMILES string of the molecule is Cc1ccc(-n2c(C(C)N(CCN(C)C)C(=O)C3CCCCC3)nc3ccccc3c2=O)cc1C. The summed E-state index contributed by atoms with van der Waals surface area (Å²) in [5.74, 6) is 0.851. The summed E-state index contributed by atoms with van der Waals surface area (Å²) >= 11 is 0. The van der Waals surface area contributed by atoms with Crippen molar-refractivity contribution >= 4 is 16.8 Å². The number of para-hydroxylation sites is 1. The third-order valence-corrected chi connectivity index (χ3v) is 7.42. The van der Waals surface area contributed by atoms with E-state index in [1.807, 2.05) is 68.4 Å². The molecule has 0 N–H and O–H groups in total. The number of amides is 1. The van der Waals surface area contributed by atoms with Crippen molar-refractivity contribution in [1.82, 2.24) is 19.4 Å². The molecule has 6 nitrogen and oxygen atoms in total. The molecule has 2 aromatic carbocycles. The largest absolute Gasteiger partial charge is 0.331 e. The first-order valence-corrected chi connectivity index (χ1v) is 12.8. The lowest BCUT2D eigenvalue weighted by atomic mass is 9.88. The van der Waals surface area contributed by atoms with Gasteiger partial charge in [0.25, 0.3) is 5.56 Å². The molecule has 1 aromatic heterocycles. The second-order valence-corrected chi connectivity index (χ2v) is 10.2. The first-order chi connectivity index (χ1) is 16.8. The van der Waals surface area contributed by atoms with Crippen LogP contribution in [0.5, 0.6) is 0 Å². The molecule has 0 spiro atoms. The zero-order chi connectivity index (χ0) is 25.1. The molecule has 1 unspecified atom stereocenters. The fourth-order valence-electron chi connectivity index (χ4n) is 5.07. The number of fused-ring (bicyclic) bond motifs is 1.